The lowest BCUT2D eigenvalue weighted by molar-refractivity contribution is -0.141. The minimum atomic E-state index is -1.16. The van der Waals surface area contributed by atoms with Crippen molar-refractivity contribution in [3.63, 3.8) is 0 Å². The van der Waals surface area contributed by atoms with Gasteiger partial charge in [0.25, 0.3) is 0 Å². The van der Waals surface area contributed by atoms with Crippen molar-refractivity contribution in [2.24, 2.45) is 0 Å². The first kappa shape index (κ1) is 23.8. The van der Waals surface area contributed by atoms with Crippen LogP contribution in [0, 0.1) is 6.92 Å². The third-order valence-electron chi connectivity index (χ3n) is 5.81. The quantitative estimate of drug-likeness (QED) is 0.250. The molecule has 4 rings (SSSR count). The van der Waals surface area contributed by atoms with Crippen LogP contribution in [0.15, 0.2) is 70.0 Å². The molecule has 2 aromatic carbocycles. The van der Waals surface area contributed by atoms with E-state index in [1.807, 2.05) is 31.2 Å². The van der Waals surface area contributed by atoms with Gasteiger partial charge in [-0.1, -0.05) is 24.8 Å². The molecule has 1 unspecified atom stereocenters. The van der Waals surface area contributed by atoms with Crippen LogP contribution in [0.2, 0.25) is 0 Å². The second-order valence-corrected chi connectivity index (χ2v) is 8.60. The molecule has 2 heterocycles. The number of amides is 1. The molecule has 0 bridgehead atoms. The monoisotopic (exact) mass is 474 g/mol. The normalized spacial score (nSPS) is 11.9. The Morgan fingerprint density at radius 3 is 2.71 bits per heavy atom. The number of aromatic nitrogens is 1. The number of aryl methyl sites for hydroxylation is 1. The van der Waals surface area contributed by atoms with Crippen molar-refractivity contribution in [3.05, 3.63) is 87.9 Å². The van der Waals surface area contributed by atoms with Crippen LogP contribution in [0.4, 0.5) is 0 Å². The number of benzene rings is 2. The highest BCUT2D eigenvalue weighted by Gasteiger charge is 2.23. The van der Waals surface area contributed by atoms with E-state index in [9.17, 15) is 19.5 Å². The molecular formula is C27H26N2O6. The molecule has 8 heteroatoms. The highest BCUT2D eigenvalue weighted by Crippen LogP contribution is 2.25. The van der Waals surface area contributed by atoms with Gasteiger partial charge in [0.2, 0.25) is 5.91 Å². The van der Waals surface area contributed by atoms with Crippen molar-refractivity contribution in [2.45, 2.75) is 32.7 Å². The number of H-pyrrole nitrogens is 1. The number of carbonyl (C=O) groups excluding carboxylic acids is 1. The van der Waals surface area contributed by atoms with E-state index in [4.69, 9.17) is 9.15 Å². The smallest absolute Gasteiger partial charge is 0.340 e. The van der Waals surface area contributed by atoms with E-state index in [-0.39, 0.29) is 18.4 Å². The van der Waals surface area contributed by atoms with E-state index >= 15 is 0 Å². The number of para-hydroxylation sites is 1. The van der Waals surface area contributed by atoms with Gasteiger partial charge >= 0.3 is 11.6 Å². The average Bonchev–Trinajstić information content (AvgIpc) is 3.22. The molecule has 0 saturated carbocycles. The molecule has 1 atom stereocenters. The van der Waals surface area contributed by atoms with Gasteiger partial charge in [0.15, 0.2) is 0 Å². The number of fused-ring (bicyclic) bond motifs is 2. The maximum atomic E-state index is 12.8. The Kier molecular flexibility index (Phi) is 6.73. The van der Waals surface area contributed by atoms with Crippen molar-refractivity contribution < 1.29 is 23.8 Å². The van der Waals surface area contributed by atoms with Crippen molar-refractivity contribution >= 4 is 33.7 Å². The topological polar surface area (TPSA) is 122 Å². The van der Waals surface area contributed by atoms with Gasteiger partial charge in [0, 0.05) is 35.0 Å². The number of ether oxygens (including phenoxy) is 1. The molecule has 0 aliphatic heterocycles. The standard InChI is InChI=1S/C27H26N2O6/c1-15(2)14-34-18-8-9-19-16(3)21(27(33)35-24(19)11-18)12-25(30)29-23(26(31)32)10-17-13-28-22-7-5-4-6-20(17)22/h4-9,11,13,23,28H,1,10,12,14H2,2-3H3,(H,29,30)(H,31,32). The van der Waals surface area contributed by atoms with Gasteiger partial charge in [-0.25, -0.2) is 9.59 Å². The van der Waals surface area contributed by atoms with Gasteiger partial charge < -0.3 is 24.6 Å². The van der Waals surface area contributed by atoms with Crippen LogP contribution in [-0.4, -0.2) is 34.6 Å². The largest absolute Gasteiger partial charge is 0.489 e. The zero-order valence-electron chi connectivity index (χ0n) is 19.5. The van der Waals surface area contributed by atoms with E-state index in [0.29, 0.717) is 28.9 Å². The van der Waals surface area contributed by atoms with Gasteiger partial charge in [-0.2, -0.15) is 0 Å². The van der Waals surface area contributed by atoms with E-state index in [1.165, 1.54) is 0 Å². The van der Waals surface area contributed by atoms with Crippen LogP contribution < -0.4 is 15.7 Å². The fourth-order valence-electron chi connectivity index (χ4n) is 4.00. The predicted molar refractivity (Wildman–Crippen MR) is 133 cm³/mol. The molecule has 2 aromatic heterocycles. The molecule has 0 fully saturated rings. The fraction of sp³-hybridized carbons (Fsp3) is 0.222. The summed E-state index contributed by atoms with van der Waals surface area (Å²) in [5.41, 5.74) is 3.00. The summed E-state index contributed by atoms with van der Waals surface area (Å²) in [6.07, 6.45) is 1.54. The number of hydrogen-bond acceptors (Lipinski definition) is 5. The Morgan fingerprint density at radius 1 is 1.20 bits per heavy atom. The Morgan fingerprint density at radius 2 is 1.97 bits per heavy atom. The molecule has 0 spiro atoms. The Hall–Kier alpha value is -4.33. The van der Waals surface area contributed by atoms with Gasteiger partial charge in [-0.15, -0.1) is 0 Å². The Balaban J connectivity index is 1.52. The van der Waals surface area contributed by atoms with Gasteiger partial charge in [-0.3, -0.25) is 4.79 Å². The van der Waals surface area contributed by atoms with Gasteiger partial charge in [-0.05, 0) is 48.7 Å². The molecule has 0 aliphatic rings. The van der Waals surface area contributed by atoms with Crippen molar-refractivity contribution in [1.82, 2.24) is 10.3 Å². The predicted octanol–water partition coefficient (Wildman–Crippen LogP) is 3.89. The number of carboxylic acids is 1. The number of carbonyl (C=O) groups is 2. The Bertz CT molecular complexity index is 1500. The molecular weight excluding hydrogens is 448 g/mol. The Labute approximate surface area is 201 Å². The first-order valence-electron chi connectivity index (χ1n) is 11.1. The van der Waals surface area contributed by atoms with E-state index < -0.39 is 23.5 Å². The molecule has 8 nitrogen and oxygen atoms in total. The second kappa shape index (κ2) is 9.89. The minimum absolute atomic E-state index is 0.101. The van der Waals surface area contributed by atoms with Crippen LogP contribution in [0.25, 0.3) is 21.9 Å². The second-order valence-electron chi connectivity index (χ2n) is 8.60. The highest BCUT2D eigenvalue weighted by molar-refractivity contribution is 5.89. The molecule has 0 radical (unpaired) electrons. The van der Waals surface area contributed by atoms with Crippen LogP contribution in [-0.2, 0) is 22.4 Å². The van der Waals surface area contributed by atoms with E-state index in [2.05, 4.69) is 16.9 Å². The van der Waals surface area contributed by atoms with E-state index in [0.717, 1.165) is 22.0 Å². The third kappa shape index (κ3) is 5.27. The number of carboxylic acid groups (broad SMARTS) is 1. The summed E-state index contributed by atoms with van der Waals surface area (Å²) in [5, 5.41) is 13.8. The summed E-state index contributed by atoms with van der Waals surface area (Å²) in [4.78, 5) is 40.4. The van der Waals surface area contributed by atoms with Crippen LogP contribution in [0.3, 0.4) is 0 Å². The van der Waals surface area contributed by atoms with Crippen molar-refractivity contribution in [2.75, 3.05) is 6.61 Å². The molecule has 1 amide bonds. The number of aliphatic carboxylic acids is 1. The summed E-state index contributed by atoms with van der Waals surface area (Å²) in [5.74, 6) is -1.20. The molecule has 0 saturated heterocycles. The molecule has 3 N–H and O–H groups in total. The van der Waals surface area contributed by atoms with Crippen molar-refractivity contribution in [1.29, 1.82) is 0 Å². The maximum Gasteiger partial charge on any atom is 0.340 e. The maximum absolute atomic E-state index is 12.8. The zero-order valence-corrected chi connectivity index (χ0v) is 19.5. The third-order valence-corrected chi connectivity index (χ3v) is 5.81. The number of hydrogen-bond donors (Lipinski definition) is 3. The number of aromatic amines is 1. The number of rotatable bonds is 9. The molecule has 180 valence electrons. The van der Waals surface area contributed by atoms with E-state index in [1.54, 1.807) is 31.3 Å². The minimum Gasteiger partial charge on any atom is -0.489 e. The zero-order chi connectivity index (χ0) is 25.1. The summed E-state index contributed by atoms with van der Waals surface area (Å²) >= 11 is 0. The van der Waals surface area contributed by atoms with Crippen molar-refractivity contribution in [3.8, 4) is 5.75 Å². The van der Waals surface area contributed by atoms with Crippen LogP contribution in [0.1, 0.15) is 23.6 Å². The lowest BCUT2D eigenvalue weighted by Gasteiger charge is -2.15. The summed E-state index contributed by atoms with van der Waals surface area (Å²) in [6.45, 7) is 7.71. The lowest BCUT2D eigenvalue weighted by atomic mass is 10.0. The first-order chi connectivity index (χ1) is 16.7. The van der Waals surface area contributed by atoms with Gasteiger partial charge in [0.05, 0.1) is 12.0 Å². The summed E-state index contributed by atoms with van der Waals surface area (Å²) in [7, 11) is 0. The average molecular weight is 475 g/mol. The van der Waals surface area contributed by atoms with Gasteiger partial charge in [0.1, 0.15) is 24.0 Å². The molecule has 4 aromatic rings. The lowest BCUT2D eigenvalue weighted by Crippen LogP contribution is -2.43. The summed E-state index contributed by atoms with van der Waals surface area (Å²) in [6, 6.07) is 11.5. The highest BCUT2D eigenvalue weighted by atomic mass is 16.5. The molecule has 0 aliphatic carbocycles. The fourth-order valence-corrected chi connectivity index (χ4v) is 4.00. The van der Waals surface area contributed by atoms with Crippen LogP contribution >= 0.6 is 0 Å². The SMILES string of the molecule is C=C(C)COc1ccc2c(C)c(CC(=O)NC(Cc3c[nH]c4ccccc34)C(=O)O)c(=O)oc2c1. The summed E-state index contributed by atoms with van der Waals surface area (Å²) < 4.78 is 11.1. The number of nitrogens with one attached hydrogen (secondary N) is 2. The first-order valence-corrected chi connectivity index (χ1v) is 11.1. The van der Waals surface area contributed by atoms with Crippen LogP contribution in [0.5, 0.6) is 5.75 Å². The molecule has 35 heavy (non-hydrogen) atoms.